The molecule has 0 spiro atoms. The van der Waals surface area contributed by atoms with Gasteiger partial charge in [0.25, 0.3) is 0 Å². The molecule has 1 aromatic rings. The zero-order valence-electron chi connectivity index (χ0n) is 11.3. The number of Topliss-reactive ketones (excluding diaryl/α,β-unsaturated/α-hetero) is 1. The highest BCUT2D eigenvalue weighted by atomic mass is 16.4. The summed E-state index contributed by atoms with van der Waals surface area (Å²) in [6.07, 6.45) is 1.37. The smallest absolute Gasteiger partial charge is 0.175 e. The number of hydrogen-bond donors (Lipinski definition) is 2. The zero-order chi connectivity index (χ0) is 14.2. The molecule has 4 nitrogen and oxygen atoms in total. The minimum absolute atomic E-state index is 0.0740. The van der Waals surface area contributed by atoms with Crippen LogP contribution >= 0.6 is 0 Å². The van der Waals surface area contributed by atoms with Crippen molar-refractivity contribution in [1.82, 2.24) is 0 Å². The first-order valence-electron chi connectivity index (χ1n) is 6.17. The van der Waals surface area contributed by atoms with Crippen molar-refractivity contribution in [2.45, 2.75) is 27.2 Å². The van der Waals surface area contributed by atoms with E-state index >= 15 is 0 Å². The second-order valence-electron chi connectivity index (χ2n) is 5.03. The second kappa shape index (κ2) is 4.88. The molecule has 0 radical (unpaired) electrons. The van der Waals surface area contributed by atoms with Crippen LogP contribution in [-0.2, 0) is 4.79 Å². The summed E-state index contributed by atoms with van der Waals surface area (Å²) in [4.78, 5) is 12.3. The molecule has 0 amide bonds. The number of allylic oxidation sites excluding steroid dienone is 2. The van der Waals surface area contributed by atoms with Crippen LogP contribution < -0.4 is 0 Å². The van der Waals surface area contributed by atoms with Gasteiger partial charge in [0.1, 0.15) is 5.76 Å². The first-order chi connectivity index (χ1) is 8.95. The Balaban J connectivity index is 2.54. The van der Waals surface area contributed by atoms with Crippen molar-refractivity contribution in [2.24, 2.45) is 11.1 Å². The van der Waals surface area contributed by atoms with Gasteiger partial charge in [0.2, 0.25) is 0 Å². The van der Waals surface area contributed by atoms with E-state index in [0.29, 0.717) is 5.57 Å². The number of rotatable bonds is 2. The fourth-order valence-electron chi connectivity index (χ4n) is 2.77. The van der Waals surface area contributed by atoms with Gasteiger partial charge in [-0.25, -0.2) is 0 Å². The molecule has 0 aliphatic heterocycles. The maximum absolute atomic E-state index is 12.3. The number of carbonyl (C=O) groups excluding carboxylic acids is 1. The van der Waals surface area contributed by atoms with Gasteiger partial charge >= 0.3 is 0 Å². The van der Waals surface area contributed by atoms with Gasteiger partial charge < -0.3 is 10.3 Å². The van der Waals surface area contributed by atoms with Gasteiger partial charge in [-0.05, 0) is 37.5 Å². The number of aliphatic hydroxyl groups excluding tert-OH is 1. The number of aliphatic hydroxyl groups is 1. The van der Waals surface area contributed by atoms with Gasteiger partial charge in [-0.3, -0.25) is 4.79 Å². The first kappa shape index (κ1) is 13.3. The Hall–Kier alpha value is -2.10. The molecule has 0 bridgehead atoms. The van der Waals surface area contributed by atoms with Gasteiger partial charge in [-0.2, -0.15) is 0 Å². The molecule has 1 aliphatic rings. The minimum atomic E-state index is -0.569. The molecule has 1 aromatic carbocycles. The SMILES string of the molecule is Cc1cc(C)c(C2=C(O)CC(/C=N/O)C2=O)c(C)c1. The van der Waals surface area contributed by atoms with Gasteiger partial charge in [-0.15, -0.1) is 5.16 Å². The maximum Gasteiger partial charge on any atom is 0.175 e. The summed E-state index contributed by atoms with van der Waals surface area (Å²) in [6.45, 7) is 5.85. The highest BCUT2D eigenvalue weighted by Crippen LogP contribution is 2.36. The third-order valence-corrected chi connectivity index (χ3v) is 3.46. The molecule has 19 heavy (non-hydrogen) atoms. The molecule has 0 saturated heterocycles. The van der Waals surface area contributed by atoms with Crippen LogP contribution in [0.2, 0.25) is 0 Å². The molecular weight excluding hydrogens is 242 g/mol. The fraction of sp³-hybridized carbons (Fsp3) is 0.333. The van der Waals surface area contributed by atoms with Crippen molar-refractivity contribution in [3.05, 3.63) is 40.1 Å². The van der Waals surface area contributed by atoms with Crippen molar-refractivity contribution in [3.63, 3.8) is 0 Å². The quantitative estimate of drug-likeness (QED) is 0.487. The molecule has 1 atom stereocenters. The summed E-state index contributed by atoms with van der Waals surface area (Å²) in [5.74, 6) is -0.685. The van der Waals surface area contributed by atoms with Crippen LogP contribution in [0.15, 0.2) is 23.0 Å². The summed E-state index contributed by atoms with van der Waals surface area (Å²) >= 11 is 0. The molecule has 0 aromatic heterocycles. The van der Waals surface area contributed by atoms with Crippen LogP contribution in [0.4, 0.5) is 0 Å². The molecule has 1 unspecified atom stereocenters. The van der Waals surface area contributed by atoms with E-state index in [9.17, 15) is 9.90 Å². The number of aryl methyl sites for hydroxylation is 3. The Morgan fingerprint density at radius 2 is 1.84 bits per heavy atom. The van der Waals surface area contributed by atoms with Gasteiger partial charge in [-0.1, -0.05) is 17.7 Å². The van der Waals surface area contributed by atoms with E-state index in [-0.39, 0.29) is 18.0 Å². The monoisotopic (exact) mass is 259 g/mol. The van der Waals surface area contributed by atoms with E-state index in [1.807, 2.05) is 32.9 Å². The topological polar surface area (TPSA) is 69.9 Å². The van der Waals surface area contributed by atoms with Crippen LogP contribution in [0.25, 0.3) is 5.57 Å². The van der Waals surface area contributed by atoms with E-state index in [1.165, 1.54) is 6.21 Å². The Bertz CT molecular complexity index is 576. The normalized spacial score (nSPS) is 19.7. The molecule has 4 heteroatoms. The van der Waals surface area contributed by atoms with Crippen molar-refractivity contribution >= 4 is 17.6 Å². The lowest BCUT2D eigenvalue weighted by molar-refractivity contribution is -0.114. The number of hydrogen-bond acceptors (Lipinski definition) is 4. The first-order valence-corrected chi connectivity index (χ1v) is 6.17. The lowest BCUT2D eigenvalue weighted by atomic mass is 9.91. The van der Waals surface area contributed by atoms with Gasteiger partial charge in [0.05, 0.1) is 17.7 Å². The van der Waals surface area contributed by atoms with Crippen molar-refractivity contribution in [2.75, 3.05) is 0 Å². The molecule has 0 heterocycles. The number of benzene rings is 1. The largest absolute Gasteiger partial charge is 0.512 e. The fourth-order valence-corrected chi connectivity index (χ4v) is 2.77. The van der Waals surface area contributed by atoms with E-state index in [1.54, 1.807) is 0 Å². The van der Waals surface area contributed by atoms with Gasteiger partial charge in [0.15, 0.2) is 5.78 Å². The standard InChI is InChI=1S/C15H17NO3/c1-8-4-9(2)13(10(3)5-8)14-12(17)6-11(7-16-19)15(14)18/h4-5,7,11,17,19H,6H2,1-3H3/b16-7+. The zero-order valence-corrected chi connectivity index (χ0v) is 11.3. The predicted molar refractivity (Wildman–Crippen MR) is 73.6 cm³/mol. The number of carbonyl (C=O) groups is 1. The summed E-state index contributed by atoms with van der Waals surface area (Å²) in [6, 6.07) is 3.98. The highest BCUT2D eigenvalue weighted by molar-refractivity contribution is 6.28. The molecule has 2 rings (SSSR count). The van der Waals surface area contributed by atoms with Crippen LogP contribution in [0.1, 0.15) is 28.7 Å². The molecule has 0 saturated carbocycles. The average molecular weight is 259 g/mol. The Kier molecular flexibility index (Phi) is 3.42. The third-order valence-electron chi connectivity index (χ3n) is 3.46. The maximum atomic E-state index is 12.3. The summed E-state index contributed by atoms with van der Waals surface area (Å²) < 4.78 is 0. The Labute approximate surface area is 112 Å². The Morgan fingerprint density at radius 1 is 1.26 bits per heavy atom. The Morgan fingerprint density at radius 3 is 2.37 bits per heavy atom. The number of nitrogens with zero attached hydrogens (tertiary/aromatic N) is 1. The predicted octanol–water partition coefficient (Wildman–Crippen LogP) is 2.93. The molecule has 100 valence electrons. The average Bonchev–Trinajstić information content (AvgIpc) is 2.56. The summed E-state index contributed by atoms with van der Waals surface area (Å²) in [5, 5.41) is 21.5. The lowest BCUT2D eigenvalue weighted by Gasteiger charge is -2.12. The lowest BCUT2D eigenvalue weighted by Crippen LogP contribution is -2.12. The van der Waals surface area contributed by atoms with Crippen LogP contribution in [0.3, 0.4) is 0 Å². The highest BCUT2D eigenvalue weighted by Gasteiger charge is 2.34. The van der Waals surface area contributed by atoms with Crippen molar-refractivity contribution in [1.29, 1.82) is 0 Å². The van der Waals surface area contributed by atoms with E-state index in [2.05, 4.69) is 5.16 Å². The van der Waals surface area contributed by atoms with Crippen molar-refractivity contribution < 1.29 is 15.1 Å². The van der Waals surface area contributed by atoms with Crippen LogP contribution in [0.5, 0.6) is 0 Å². The third kappa shape index (κ3) is 2.26. The molecule has 0 fully saturated rings. The van der Waals surface area contributed by atoms with E-state index in [0.717, 1.165) is 22.3 Å². The number of ketones is 1. The molecular formula is C15H17NO3. The molecule has 2 N–H and O–H groups in total. The minimum Gasteiger partial charge on any atom is -0.512 e. The van der Waals surface area contributed by atoms with Gasteiger partial charge in [0, 0.05) is 6.42 Å². The van der Waals surface area contributed by atoms with E-state index in [4.69, 9.17) is 5.21 Å². The van der Waals surface area contributed by atoms with Crippen LogP contribution in [-0.4, -0.2) is 22.3 Å². The number of oxime groups is 1. The molecule has 1 aliphatic carbocycles. The summed E-state index contributed by atoms with van der Waals surface area (Å²) in [7, 11) is 0. The van der Waals surface area contributed by atoms with Crippen LogP contribution in [0, 0.1) is 26.7 Å². The van der Waals surface area contributed by atoms with E-state index < -0.39 is 5.92 Å². The summed E-state index contributed by atoms with van der Waals surface area (Å²) in [5.41, 5.74) is 4.21. The second-order valence-corrected chi connectivity index (χ2v) is 5.03. The van der Waals surface area contributed by atoms with Crippen molar-refractivity contribution in [3.8, 4) is 0 Å².